The fraction of sp³-hybridized carbons (Fsp3) is 1.00. The van der Waals surface area contributed by atoms with Crippen molar-refractivity contribution in [2.24, 2.45) is 0 Å². The number of rotatable bonds is 3. The topological polar surface area (TPSA) is 23.5 Å². The molecule has 1 heterocycles. The van der Waals surface area contributed by atoms with Gasteiger partial charge in [-0.05, 0) is 32.6 Å². The first kappa shape index (κ1) is 10.8. The molecule has 12 heavy (non-hydrogen) atoms. The molecule has 0 spiro atoms. The van der Waals surface area contributed by atoms with E-state index in [1.165, 1.54) is 30.1 Å². The van der Waals surface area contributed by atoms with E-state index in [9.17, 15) is 5.02 Å². The van der Waals surface area contributed by atoms with Crippen molar-refractivity contribution in [2.75, 3.05) is 11.0 Å². The fourth-order valence-corrected chi connectivity index (χ4v) is 2.67. The van der Waals surface area contributed by atoms with Gasteiger partial charge in [0.05, 0.1) is 0 Å². The van der Waals surface area contributed by atoms with Gasteiger partial charge in [-0.25, -0.2) is 0 Å². The summed E-state index contributed by atoms with van der Waals surface area (Å²) in [5.41, 5.74) is 0. The molecule has 0 amide bonds. The summed E-state index contributed by atoms with van der Waals surface area (Å²) in [4.78, 5) is 2.24. The van der Waals surface area contributed by atoms with Crippen LogP contribution in [0.5, 0.6) is 0 Å². The van der Waals surface area contributed by atoms with E-state index < -0.39 is 0 Å². The highest BCUT2D eigenvalue weighted by Gasteiger charge is 2.26. The molecule has 1 N–H and O–H groups in total. The number of piperidine rings is 1. The van der Waals surface area contributed by atoms with Gasteiger partial charge in [-0.1, -0.05) is 29.0 Å². The molecule has 70 valence electrons. The van der Waals surface area contributed by atoms with E-state index >= 15 is 0 Å². The minimum absolute atomic E-state index is 0.252. The van der Waals surface area contributed by atoms with Gasteiger partial charge >= 0.3 is 7.05 Å². The summed E-state index contributed by atoms with van der Waals surface area (Å²) in [7, 11) is -0.252. The summed E-state index contributed by atoms with van der Waals surface area (Å²) in [6, 6.07) is 0.635. The van der Waals surface area contributed by atoms with Gasteiger partial charge in [0.1, 0.15) is 0 Å². The summed E-state index contributed by atoms with van der Waals surface area (Å²) < 4.78 is 1.20. The average Bonchev–Trinajstić information content (AvgIpc) is 2.05. The Labute approximate surface area is 89.0 Å². The molecule has 1 rings (SSSR count). The van der Waals surface area contributed by atoms with Gasteiger partial charge in [0.2, 0.25) is 0 Å². The van der Waals surface area contributed by atoms with E-state index in [1.54, 1.807) is 0 Å². The van der Waals surface area contributed by atoms with E-state index in [0.29, 0.717) is 6.04 Å². The van der Waals surface area contributed by atoms with Gasteiger partial charge in [-0.2, -0.15) is 0 Å². The molecule has 0 saturated carbocycles. The largest absolute Gasteiger partial charge is 0.437 e. The smallest absolute Gasteiger partial charge is 0.376 e. The first-order valence-electron chi connectivity index (χ1n) is 4.75. The van der Waals surface area contributed by atoms with E-state index in [2.05, 4.69) is 27.4 Å². The van der Waals surface area contributed by atoms with Crippen LogP contribution in [0.15, 0.2) is 0 Å². The Balaban J connectivity index is 2.42. The molecule has 0 aromatic rings. The maximum Gasteiger partial charge on any atom is 0.376 e. The first-order chi connectivity index (χ1) is 5.75. The van der Waals surface area contributed by atoms with Gasteiger partial charge in [-0.3, -0.25) is 0 Å². The van der Waals surface area contributed by atoms with Crippen molar-refractivity contribution >= 4 is 29.6 Å². The van der Waals surface area contributed by atoms with E-state index in [-0.39, 0.29) is 7.05 Å². The van der Waals surface area contributed by atoms with Crippen molar-refractivity contribution in [3.8, 4) is 0 Å². The minimum atomic E-state index is -0.252. The van der Waals surface area contributed by atoms with Crippen LogP contribution in [-0.4, -0.2) is 33.9 Å². The third-order valence-corrected chi connectivity index (χ3v) is 3.22. The molecule has 0 aromatic heterocycles. The summed E-state index contributed by atoms with van der Waals surface area (Å²) in [5, 5.41) is 9.50. The third kappa shape index (κ3) is 2.89. The number of alkyl halides is 1. The SMILES string of the molecule is CB(O)N1CCCCC1CCI. The lowest BCUT2D eigenvalue weighted by molar-refractivity contribution is 0.221. The summed E-state index contributed by atoms with van der Waals surface area (Å²) in [6.07, 6.45) is 5.09. The number of hydrogen-bond acceptors (Lipinski definition) is 2. The van der Waals surface area contributed by atoms with Gasteiger partial charge in [0.15, 0.2) is 0 Å². The maximum atomic E-state index is 9.50. The van der Waals surface area contributed by atoms with Crippen LogP contribution in [0, 0.1) is 0 Å². The van der Waals surface area contributed by atoms with Crippen LogP contribution >= 0.6 is 22.6 Å². The molecular formula is C8H17BINO. The van der Waals surface area contributed by atoms with Crippen molar-refractivity contribution in [1.29, 1.82) is 0 Å². The maximum absolute atomic E-state index is 9.50. The molecule has 1 aliphatic rings. The standard InChI is InChI=1S/C8H17BINO/c1-9(12)11-7-3-2-4-8(11)5-6-10/h8,12H,2-7H2,1H3. The lowest BCUT2D eigenvalue weighted by Crippen LogP contribution is -2.47. The van der Waals surface area contributed by atoms with E-state index in [4.69, 9.17) is 0 Å². The molecular weight excluding hydrogens is 264 g/mol. The van der Waals surface area contributed by atoms with Crippen LogP contribution in [-0.2, 0) is 0 Å². The molecule has 1 unspecified atom stereocenters. The second-order valence-corrected chi connectivity index (χ2v) is 4.58. The monoisotopic (exact) mass is 281 g/mol. The van der Waals surface area contributed by atoms with Crippen molar-refractivity contribution in [3.63, 3.8) is 0 Å². The first-order valence-corrected chi connectivity index (χ1v) is 6.28. The fourth-order valence-electron chi connectivity index (χ4n) is 1.95. The lowest BCUT2D eigenvalue weighted by Gasteiger charge is -2.36. The Kier molecular flexibility index (Phi) is 4.90. The molecule has 0 aromatic carbocycles. The molecule has 0 bridgehead atoms. The predicted octanol–water partition coefficient (Wildman–Crippen LogP) is 1.78. The number of hydrogen-bond donors (Lipinski definition) is 1. The van der Waals surface area contributed by atoms with Crippen molar-refractivity contribution in [2.45, 2.75) is 38.5 Å². The van der Waals surface area contributed by atoms with E-state index in [1.807, 2.05) is 6.82 Å². The average molecular weight is 281 g/mol. The van der Waals surface area contributed by atoms with Crippen LogP contribution < -0.4 is 0 Å². The Hall–Kier alpha value is 0.715. The zero-order valence-electron chi connectivity index (χ0n) is 7.67. The third-order valence-electron chi connectivity index (χ3n) is 2.59. The predicted molar refractivity (Wildman–Crippen MR) is 61.7 cm³/mol. The van der Waals surface area contributed by atoms with Gasteiger partial charge in [-0.15, -0.1) is 0 Å². The van der Waals surface area contributed by atoms with E-state index in [0.717, 1.165) is 6.54 Å². The Morgan fingerprint density at radius 2 is 2.33 bits per heavy atom. The molecule has 2 nitrogen and oxygen atoms in total. The minimum Gasteiger partial charge on any atom is -0.437 e. The highest BCUT2D eigenvalue weighted by atomic mass is 127. The van der Waals surface area contributed by atoms with Crippen LogP contribution in [0.4, 0.5) is 0 Å². The summed E-state index contributed by atoms with van der Waals surface area (Å²) in [5.74, 6) is 0. The van der Waals surface area contributed by atoms with Crippen molar-refractivity contribution < 1.29 is 5.02 Å². The molecule has 0 radical (unpaired) electrons. The molecule has 1 saturated heterocycles. The van der Waals surface area contributed by atoms with Crippen molar-refractivity contribution in [1.82, 2.24) is 4.81 Å². The zero-order chi connectivity index (χ0) is 8.97. The lowest BCUT2D eigenvalue weighted by atomic mass is 9.79. The number of halogens is 1. The Bertz CT molecular complexity index is 132. The molecule has 1 aliphatic heterocycles. The molecule has 1 fully saturated rings. The highest BCUT2D eigenvalue weighted by molar-refractivity contribution is 14.1. The number of nitrogens with zero attached hydrogens (tertiary/aromatic N) is 1. The van der Waals surface area contributed by atoms with Crippen LogP contribution in [0.2, 0.25) is 6.82 Å². The Morgan fingerprint density at radius 3 is 2.92 bits per heavy atom. The second-order valence-electron chi connectivity index (χ2n) is 3.50. The Morgan fingerprint density at radius 1 is 1.58 bits per heavy atom. The normalized spacial score (nSPS) is 25.8. The van der Waals surface area contributed by atoms with Crippen LogP contribution in [0.1, 0.15) is 25.7 Å². The molecule has 1 atom stereocenters. The van der Waals surface area contributed by atoms with Crippen LogP contribution in [0.3, 0.4) is 0 Å². The molecule has 0 aliphatic carbocycles. The second kappa shape index (κ2) is 5.45. The molecule has 4 heteroatoms. The quantitative estimate of drug-likeness (QED) is 0.484. The van der Waals surface area contributed by atoms with Gasteiger partial charge in [0, 0.05) is 10.5 Å². The van der Waals surface area contributed by atoms with Gasteiger partial charge < -0.3 is 9.83 Å². The highest BCUT2D eigenvalue weighted by Crippen LogP contribution is 2.20. The zero-order valence-corrected chi connectivity index (χ0v) is 9.83. The van der Waals surface area contributed by atoms with Crippen molar-refractivity contribution in [3.05, 3.63) is 0 Å². The summed E-state index contributed by atoms with van der Waals surface area (Å²) >= 11 is 2.41. The summed E-state index contributed by atoms with van der Waals surface area (Å²) in [6.45, 7) is 2.96. The van der Waals surface area contributed by atoms with Gasteiger partial charge in [0.25, 0.3) is 0 Å². The van der Waals surface area contributed by atoms with Crippen LogP contribution in [0.25, 0.3) is 0 Å².